The molecule has 0 radical (unpaired) electrons. The third-order valence-electron chi connectivity index (χ3n) is 2.58. The molecule has 4 nitrogen and oxygen atoms in total. The summed E-state index contributed by atoms with van der Waals surface area (Å²) >= 11 is 9.04. The Morgan fingerprint density at radius 3 is 2.52 bits per heavy atom. The van der Waals surface area contributed by atoms with Crippen molar-refractivity contribution in [3.8, 4) is 0 Å². The number of amides is 1. The van der Waals surface area contributed by atoms with Crippen molar-refractivity contribution in [3.63, 3.8) is 0 Å². The van der Waals surface area contributed by atoms with Crippen molar-refractivity contribution in [3.05, 3.63) is 62.8 Å². The highest BCUT2D eigenvalue weighted by molar-refractivity contribution is 9.10. The topological polar surface area (TPSA) is 66.4 Å². The zero-order valence-electron chi connectivity index (χ0n) is 10.4. The largest absolute Gasteiger partial charge is 0.478 e. The van der Waals surface area contributed by atoms with Gasteiger partial charge < -0.3 is 10.4 Å². The standard InChI is InChI=1S/C14H8BrClFNO3/c15-8-3-7(4-9(16)5-8)13(19)18-12-6-10(17)1-2-11(12)14(20)21/h1-6H,(H,18,19)(H,20,21). The number of carboxylic acid groups (broad SMARTS) is 1. The highest BCUT2D eigenvalue weighted by Gasteiger charge is 2.15. The van der Waals surface area contributed by atoms with Gasteiger partial charge in [0.25, 0.3) is 5.91 Å². The summed E-state index contributed by atoms with van der Waals surface area (Å²) in [5.41, 5.74) is -0.107. The first-order valence-electron chi connectivity index (χ1n) is 5.67. The van der Waals surface area contributed by atoms with Crippen LogP contribution in [0.25, 0.3) is 0 Å². The molecule has 0 bridgehead atoms. The van der Waals surface area contributed by atoms with Crippen molar-refractivity contribution in [2.45, 2.75) is 0 Å². The second-order valence-corrected chi connectivity index (χ2v) is 5.46. The van der Waals surface area contributed by atoms with E-state index in [2.05, 4.69) is 21.2 Å². The molecule has 0 atom stereocenters. The fraction of sp³-hybridized carbons (Fsp3) is 0. The average Bonchev–Trinajstić information content (AvgIpc) is 2.37. The minimum absolute atomic E-state index is 0.122. The first-order chi connectivity index (χ1) is 9.86. The van der Waals surface area contributed by atoms with Gasteiger partial charge in [-0.1, -0.05) is 27.5 Å². The highest BCUT2D eigenvalue weighted by atomic mass is 79.9. The molecule has 0 aliphatic heterocycles. The molecule has 2 aromatic rings. The number of hydrogen-bond acceptors (Lipinski definition) is 2. The predicted octanol–water partition coefficient (Wildman–Crippen LogP) is 4.19. The van der Waals surface area contributed by atoms with Crippen molar-refractivity contribution in [2.24, 2.45) is 0 Å². The van der Waals surface area contributed by atoms with E-state index >= 15 is 0 Å². The van der Waals surface area contributed by atoms with Crippen LogP contribution in [0.4, 0.5) is 10.1 Å². The predicted molar refractivity (Wildman–Crippen MR) is 80.5 cm³/mol. The Hall–Kier alpha value is -1.92. The number of carboxylic acids is 1. The van der Waals surface area contributed by atoms with Gasteiger partial charge in [-0.3, -0.25) is 4.79 Å². The molecule has 2 N–H and O–H groups in total. The normalized spacial score (nSPS) is 10.2. The number of aromatic carboxylic acids is 1. The van der Waals surface area contributed by atoms with Crippen LogP contribution in [0.15, 0.2) is 40.9 Å². The second-order valence-electron chi connectivity index (χ2n) is 4.11. The van der Waals surface area contributed by atoms with E-state index in [9.17, 15) is 14.0 Å². The summed E-state index contributed by atoms with van der Waals surface area (Å²) in [6, 6.07) is 7.57. The SMILES string of the molecule is O=C(Nc1cc(F)ccc1C(=O)O)c1cc(Cl)cc(Br)c1. The Morgan fingerprint density at radius 1 is 1.19 bits per heavy atom. The van der Waals surface area contributed by atoms with Gasteiger partial charge in [0.15, 0.2) is 0 Å². The number of benzene rings is 2. The van der Waals surface area contributed by atoms with E-state index in [1.165, 1.54) is 12.1 Å². The van der Waals surface area contributed by atoms with Crippen LogP contribution < -0.4 is 5.32 Å². The highest BCUT2D eigenvalue weighted by Crippen LogP contribution is 2.22. The smallest absolute Gasteiger partial charge is 0.337 e. The van der Waals surface area contributed by atoms with Crippen LogP contribution in [0.5, 0.6) is 0 Å². The summed E-state index contributed by atoms with van der Waals surface area (Å²) < 4.78 is 13.8. The number of carbonyl (C=O) groups excluding carboxylic acids is 1. The molecule has 0 spiro atoms. The lowest BCUT2D eigenvalue weighted by Gasteiger charge is -2.09. The number of halogens is 3. The van der Waals surface area contributed by atoms with E-state index in [0.717, 1.165) is 18.2 Å². The Labute approximate surface area is 132 Å². The molecule has 7 heteroatoms. The van der Waals surface area contributed by atoms with Gasteiger partial charge in [-0.15, -0.1) is 0 Å². The first-order valence-corrected chi connectivity index (χ1v) is 6.84. The minimum Gasteiger partial charge on any atom is -0.478 e. The lowest BCUT2D eigenvalue weighted by atomic mass is 10.1. The Kier molecular flexibility index (Phi) is 4.59. The lowest BCUT2D eigenvalue weighted by molar-refractivity contribution is 0.0698. The molecule has 108 valence electrons. The van der Waals surface area contributed by atoms with Crippen molar-refractivity contribution >= 4 is 45.1 Å². The summed E-state index contributed by atoms with van der Waals surface area (Å²) in [4.78, 5) is 23.2. The van der Waals surface area contributed by atoms with Crippen molar-refractivity contribution in [1.82, 2.24) is 0 Å². The molecule has 0 heterocycles. The van der Waals surface area contributed by atoms with Gasteiger partial charge in [0.05, 0.1) is 11.3 Å². The van der Waals surface area contributed by atoms with Crippen LogP contribution in [0.1, 0.15) is 20.7 Å². The third-order valence-corrected chi connectivity index (χ3v) is 3.26. The number of hydrogen-bond donors (Lipinski definition) is 2. The molecule has 0 saturated carbocycles. The van der Waals surface area contributed by atoms with E-state index in [1.54, 1.807) is 6.07 Å². The fourth-order valence-electron chi connectivity index (χ4n) is 1.69. The summed E-state index contributed by atoms with van der Waals surface area (Å²) in [5, 5.41) is 11.7. The van der Waals surface area contributed by atoms with E-state index in [0.29, 0.717) is 9.50 Å². The van der Waals surface area contributed by atoms with E-state index in [1.807, 2.05) is 0 Å². The van der Waals surface area contributed by atoms with E-state index in [-0.39, 0.29) is 16.8 Å². The molecule has 0 fully saturated rings. The fourth-order valence-corrected chi connectivity index (χ4v) is 2.55. The molecule has 0 unspecified atom stereocenters. The van der Waals surface area contributed by atoms with Gasteiger partial charge in [-0.25, -0.2) is 9.18 Å². The van der Waals surface area contributed by atoms with Crippen LogP contribution in [0.3, 0.4) is 0 Å². The third kappa shape index (κ3) is 3.80. The summed E-state index contributed by atoms with van der Waals surface area (Å²) in [6.07, 6.45) is 0. The number of carbonyl (C=O) groups is 2. The Bertz CT molecular complexity index is 716. The second kappa shape index (κ2) is 6.24. The molecule has 21 heavy (non-hydrogen) atoms. The van der Waals surface area contributed by atoms with Crippen LogP contribution >= 0.6 is 27.5 Å². The van der Waals surface area contributed by atoms with Gasteiger partial charge in [0.2, 0.25) is 0 Å². The van der Waals surface area contributed by atoms with E-state index < -0.39 is 17.7 Å². The monoisotopic (exact) mass is 371 g/mol. The number of nitrogens with one attached hydrogen (secondary N) is 1. The number of rotatable bonds is 3. The van der Waals surface area contributed by atoms with Crippen molar-refractivity contribution < 1.29 is 19.1 Å². The van der Waals surface area contributed by atoms with Gasteiger partial charge in [0.1, 0.15) is 5.82 Å². The van der Waals surface area contributed by atoms with Gasteiger partial charge >= 0.3 is 5.97 Å². The summed E-state index contributed by atoms with van der Waals surface area (Å²) in [6.45, 7) is 0. The van der Waals surface area contributed by atoms with Gasteiger partial charge in [-0.2, -0.15) is 0 Å². The maximum Gasteiger partial charge on any atom is 0.337 e. The summed E-state index contributed by atoms with van der Waals surface area (Å²) in [5.74, 6) is -2.51. The molecule has 2 aromatic carbocycles. The van der Waals surface area contributed by atoms with Crippen LogP contribution in [0, 0.1) is 5.82 Å². The summed E-state index contributed by atoms with van der Waals surface area (Å²) in [7, 11) is 0. The van der Waals surface area contributed by atoms with Gasteiger partial charge in [0, 0.05) is 15.1 Å². The molecule has 2 rings (SSSR count). The zero-order valence-corrected chi connectivity index (χ0v) is 12.7. The molecule has 1 amide bonds. The molecule has 0 aliphatic carbocycles. The maximum absolute atomic E-state index is 13.2. The molecule has 0 saturated heterocycles. The average molecular weight is 373 g/mol. The molecular formula is C14H8BrClFNO3. The van der Waals surface area contributed by atoms with Crippen LogP contribution in [-0.4, -0.2) is 17.0 Å². The van der Waals surface area contributed by atoms with Crippen molar-refractivity contribution in [2.75, 3.05) is 5.32 Å². The molecule has 0 aromatic heterocycles. The van der Waals surface area contributed by atoms with Crippen molar-refractivity contribution in [1.29, 1.82) is 0 Å². The maximum atomic E-state index is 13.2. The molecular weight excluding hydrogens is 365 g/mol. The number of anilines is 1. The van der Waals surface area contributed by atoms with Gasteiger partial charge in [-0.05, 0) is 36.4 Å². The lowest BCUT2D eigenvalue weighted by Crippen LogP contribution is -2.15. The van der Waals surface area contributed by atoms with Crippen LogP contribution in [0.2, 0.25) is 5.02 Å². The first kappa shape index (κ1) is 15.5. The Balaban J connectivity index is 2.35. The van der Waals surface area contributed by atoms with Crippen LogP contribution in [-0.2, 0) is 0 Å². The Morgan fingerprint density at radius 2 is 1.90 bits per heavy atom. The van der Waals surface area contributed by atoms with E-state index in [4.69, 9.17) is 16.7 Å². The minimum atomic E-state index is -1.27. The molecule has 0 aliphatic rings. The quantitative estimate of drug-likeness (QED) is 0.849. The zero-order chi connectivity index (χ0) is 15.6.